The van der Waals surface area contributed by atoms with Crippen LogP contribution in [-0.2, 0) is 0 Å². The quantitative estimate of drug-likeness (QED) is 0.787. The third-order valence-electron chi connectivity index (χ3n) is 2.13. The van der Waals surface area contributed by atoms with Crippen LogP contribution in [-0.4, -0.2) is 21.9 Å². The topological polar surface area (TPSA) is 68.0 Å². The van der Waals surface area contributed by atoms with Gasteiger partial charge in [0.05, 0.1) is 10.00 Å². The monoisotopic (exact) mass is 257 g/mol. The molecule has 0 aliphatic rings. The predicted octanol–water partition coefficient (Wildman–Crippen LogP) is 1.64. The molecule has 16 heavy (non-hydrogen) atoms. The Kier molecular flexibility index (Phi) is 4.82. The number of amides is 1. The van der Waals surface area contributed by atoms with Crippen LogP contribution in [0.4, 0.5) is 0 Å². The van der Waals surface area contributed by atoms with Crippen molar-refractivity contribution in [2.75, 3.05) is 0 Å². The first-order valence-electron chi connectivity index (χ1n) is 5.04. The van der Waals surface area contributed by atoms with Crippen LogP contribution in [0.5, 0.6) is 0 Å². The smallest absolute Gasteiger partial charge is 0.270 e. The van der Waals surface area contributed by atoms with Crippen LogP contribution in [0.15, 0.2) is 5.38 Å². The summed E-state index contributed by atoms with van der Waals surface area (Å²) in [6.45, 7) is 3.85. The summed E-state index contributed by atoms with van der Waals surface area (Å²) in [5.74, 6) is -0.160. The molecular weight excluding hydrogens is 242 g/mol. The van der Waals surface area contributed by atoms with E-state index in [1.54, 1.807) is 5.38 Å². The number of carbonyl (C=O) groups is 1. The highest BCUT2D eigenvalue weighted by Gasteiger charge is 2.14. The highest BCUT2D eigenvalue weighted by molar-refractivity contribution is 7.80. The molecule has 0 bridgehead atoms. The first-order chi connectivity index (χ1) is 7.52. The van der Waals surface area contributed by atoms with Crippen LogP contribution in [0.1, 0.15) is 35.3 Å². The van der Waals surface area contributed by atoms with E-state index >= 15 is 0 Å². The number of nitrogens with zero attached hydrogens (tertiary/aromatic N) is 1. The molecule has 0 fully saturated rings. The first-order valence-corrected chi connectivity index (χ1v) is 6.33. The Balaban J connectivity index is 2.58. The second-order valence-corrected chi connectivity index (χ2v) is 5.09. The van der Waals surface area contributed by atoms with Gasteiger partial charge in [-0.25, -0.2) is 4.98 Å². The molecule has 0 radical (unpaired) electrons. The van der Waals surface area contributed by atoms with Crippen molar-refractivity contribution in [3.05, 3.63) is 16.1 Å². The number of hydrogen-bond acceptors (Lipinski definition) is 4. The second-order valence-electron chi connectivity index (χ2n) is 3.50. The number of thiocarbonyl (C=S) groups is 1. The van der Waals surface area contributed by atoms with Gasteiger partial charge in [0.2, 0.25) is 0 Å². The van der Waals surface area contributed by atoms with Gasteiger partial charge in [-0.1, -0.05) is 19.1 Å². The Bertz CT molecular complexity index is 389. The van der Waals surface area contributed by atoms with Gasteiger partial charge in [-0.15, -0.1) is 11.3 Å². The maximum atomic E-state index is 11.8. The standard InChI is InChI=1S/C10H15N3OS2/c1-3-7(4-9(11)15)13-10(14)8-5-16-6(2)12-8/h5,7H,3-4H2,1-2H3,(H2,11,15)(H,13,14). The van der Waals surface area contributed by atoms with E-state index in [2.05, 4.69) is 10.3 Å². The maximum Gasteiger partial charge on any atom is 0.270 e. The average molecular weight is 257 g/mol. The molecule has 1 heterocycles. The number of hydrogen-bond donors (Lipinski definition) is 2. The summed E-state index contributed by atoms with van der Waals surface area (Å²) in [6.07, 6.45) is 1.33. The van der Waals surface area contributed by atoms with Gasteiger partial charge in [0, 0.05) is 17.8 Å². The number of nitrogens with two attached hydrogens (primary N) is 1. The van der Waals surface area contributed by atoms with Gasteiger partial charge in [-0.05, 0) is 13.3 Å². The molecule has 6 heteroatoms. The minimum absolute atomic E-state index is 0.00740. The predicted molar refractivity (Wildman–Crippen MR) is 69.8 cm³/mol. The maximum absolute atomic E-state index is 11.8. The van der Waals surface area contributed by atoms with Gasteiger partial charge < -0.3 is 11.1 Å². The molecule has 0 spiro atoms. The van der Waals surface area contributed by atoms with Crippen molar-refractivity contribution in [2.45, 2.75) is 32.7 Å². The lowest BCUT2D eigenvalue weighted by Gasteiger charge is -2.15. The molecule has 1 atom stereocenters. The van der Waals surface area contributed by atoms with Crippen molar-refractivity contribution >= 4 is 34.5 Å². The molecule has 0 aliphatic carbocycles. The second kappa shape index (κ2) is 5.91. The van der Waals surface area contributed by atoms with Crippen LogP contribution < -0.4 is 11.1 Å². The van der Waals surface area contributed by atoms with E-state index in [4.69, 9.17) is 18.0 Å². The Labute approximate surface area is 104 Å². The Morgan fingerprint density at radius 2 is 2.44 bits per heavy atom. The number of thiazole rings is 1. The third kappa shape index (κ3) is 3.86. The zero-order chi connectivity index (χ0) is 12.1. The van der Waals surface area contributed by atoms with Crippen LogP contribution in [0.25, 0.3) is 0 Å². The minimum Gasteiger partial charge on any atom is -0.393 e. The Morgan fingerprint density at radius 3 is 2.88 bits per heavy atom. The van der Waals surface area contributed by atoms with E-state index in [0.29, 0.717) is 17.1 Å². The van der Waals surface area contributed by atoms with Gasteiger partial charge in [0.25, 0.3) is 5.91 Å². The lowest BCUT2D eigenvalue weighted by atomic mass is 10.1. The van der Waals surface area contributed by atoms with E-state index < -0.39 is 0 Å². The number of aromatic nitrogens is 1. The zero-order valence-corrected chi connectivity index (χ0v) is 11.0. The van der Waals surface area contributed by atoms with Crippen molar-refractivity contribution in [3.63, 3.8) is 0 Å². The molecule has 88 valence electrons. The zero-order valence-electron chi connectivity index (χ0n) is 9.32. The molecule has 1 rings (SSSR count). The number of aryl methyl sites for hydroxylation is 1. The molecule has 0 aliphatic heterocycles. The highest BCUT2D eigenvalue weighted by atomic mass is 32.1. The molecule has 3 N–H and O–H groups in total. The first kappa shape index (κ1) is 13.1. The van der Waals surface area contributed by atoms with E-state index in [9.17, 15) is 4.79 Å². The molecule has 1 aromatic heterocycles. The summed E-state index contributed by atoms with van der Waals surface area (Å²) < 4.78 is 0. The van der Waals surface area contributed by atoms with Crippen LogP contribution in [0, 0.1) is 6.92 Å². The summed E-state index contributed by atoms with van der Waals surface area (Å²) in [5.41, 5.74) is 5.92. The van der Waals surface area contributed by atoms with Crippen LogP contribution in [0.3, 0.4) is 0 Å². The van der Waals surface area contributed by atoms with Gasteiger partial charge in [0.15, 0.2) is 0 Å². The largest absolute Gasteiger partial charge is 0.393 e. The third-order valence-corrected chi connectivity index (χ3v) is 3.07. The average Bonchev–Trinajstić information content (AvgIpc) is 2.63. The lowest BCUT2D eigenvalue weighted by molar-refractivity contribution is 0.0932. The van der Waals surface area contributed by atoms with Crippen molar-refractivity contribution in [2.24, 2.45) is 5.73 Å². The molecule has 0 saturated heterocycles. The van der Waals surface area contributed by atoms with Gasteiger partial charge in [-0.2, -0.15) is 0 Å². The van der Waals surface area contributed by atoms with Crippen molar-refractivity contribution in [3.8, 4) is 0 Å². The normalized spacial score (nSPS) is 12.1. The van der Waals surface area contributed by atoms with Crippen molar-refractivity contribution < 1.29 is 4.79 Å². The summed E-state index contributed by atoms with van der Waals surface area (Å²) in [4.78, 5) is 16.3. The fraction of sp³-hybridized carbons (Fsp3) is 0.500. The molecule has 4 nitrogen and oxygen atoms in total. The highest BCUT2D eigenvalue weighted by Crippen LogP contribution is 2.08. The summed E-state index contributed by atoms with van der Waals surface area (Å²) >= 11 is 6.28. The lowest BCUT2D eigenvalue weighted by Crippen LogP contribution is -2.37. The molecular formula is C10H15N3OS2. The summed E-state index contributed by atoms with van der Waals surface area (Å²) in [6, 6.07) is -0.00740. The molecule has 0 saturated carbocycles. The SMILES string of the molecule is CCC(CC(N)=S)NC(=O)c1csc(C)n1. The van der Waals surface area contributed by atoms with Crippen molar-refractivity contribution in [1.82, 2.24) is 10.3 Å². The van der Waals surface area contributed by atoms with E-state index in [1.165, 1.54) is 11.3 Å². The van der Waals surface area contributed by atoms with Crippen LogP contribution >= 0.6 is 23.6 Å². The summed E-state index contributed by atoms with van der Waals surface area (Å²) in [7, 11) is 0. The number of rotatable bonds is 5. The van der Waals surface area contributed by atoms with Gasteiger partial charge in [0.1, 0.15) is 5.69 Å². The van der Waals surface area contributed by atoms with E-state index in [0.717, 1.165) is 11.4 Å². The number of carbonyl (C=O) groups excluding carboxylic acids is 1. The fourth-order valence-corrected chi connectivity index (χ4v) is 2.06. The van der Waals surface area contributed by atoms with E-state index in [-0.39, 0.29) is 11.9 Å². The fourth-order valence-electron chi connectivity index (χ4n) is 1.27. The summed E-state index contributed by atoms with van der Waals surface area (Å²) in [5, 5.41) is 5.50. The minimum atomic E-state index is -0.160. The molecule has 1 amide bonds. The molecule has 1 unspecified atom stereocenters. The Morgan fingerprint density at radius 1 is 1.75 bits per heavy atom. The van der Waals surface area contributed by atoms with Crippen LogP contribution in [0.2, 0.25) is 0 Å². The van der Waals surface area contributed by atoms with E-state index in [1.807, 2.05) is 13.8 Å². The van der Waals surface area contributed by atoms with Gasteiger partial charge >= 0.3 is 0 Å². The molecule has 0 aromatic carbocycles. The molecule has 1 aromatic rings. The van der Waals surface area contributed by atoms with Gasteiger partial charge in [-0.3, -0.25) is 4.79 Å². The van der Waals surface area contributed by atoms with Crippen molar-refractivity contribution in [1.29, 1.82) is 0 Å². The number of nitrogens with one attached hydrogen (secondary N) is 1. The Hall–Kier alpha value is -1.01.